The van der Waals surface area contributed by atoms with Gasteiger partial charge in [0.1, 0.15) is 11.4 Å². The molecular formula is C18H11NO3. The lowest BCUT2D eigenvalue weighted by Crippen LogP contribution is -2.23. The quantitative estimate of drug-likeness (QED) is 0.540. The van der Waals surface area contributed by atoms with E-state index in [0.717, 1.165) is 5.39 Å². The SMILES string of the molecule is Cc1ccc2c(n1)C(=O)c1c(O)cc3ccccc3c1C2=O. The molecule has 4 rings (SSSR count). The van der Waals surface area contributed by atoms with Crippen molar-refractivity contribution in [2.45, 2.75) is 6.92 Å². The van der Waals surface area contributed by atoms with Crippen molar-refractivity contribution in [2.24, 2.45) is 0 Å². The number of ketones is 2. The number of aryl methyl sites for hydroxylation is 1. The summed E-state index contributed by atoms with van der Waals surface area (Å²) in [5, 5.41) is 11.6. The second-order valence-corrected chi connectivity index (χ2v) is 5.37. The number of rotatable bonds is 0. The molecule has 0 atom stereocenters. The summed E-state index contributed by atoms with van der Waals surface area (Å²) >= 11 is 0. The fraction of sp³-hybridized carbons (Fsp3) is 0.0556. The molecule has 3 aromatic rings. The van der Waals surface area contributed by atoms with Gasteiger partial charge in [0.25, 0.3) is 0 Å². The molecule has 1 N–H and O–H groups in total. The standard InChI is InChI=1S/C18H11NO3/c1-9-6-7-12-16(19-9)18(22)15-13(20)8-10-4-2-3-5-11(10)14(15)17(12)21/h2-8,20H,1H3. The molecule has 4 nitrogen and oxygen atoms in total. The molecule has 2 aromatic carbocycles. The molecule has 1 aromatic heterocycles. The van der Waals surface area contributed by atoms with Gasteiger partial charge in [-0.15, -0.1) is 0 Å². The fourth-order valence-electron chi connectivity index (χ4n) is 2.96. The molecule has 4 heteroatoms. The van der Waals surface area contributed by atoms with Crippen molar-refractivity contribution in [3.05, 3.63) is 70.5 Å². The van der Waals surface area contributed by atoms with E-state index in [2.05, 4.69) is 4.98 Å². The van der Waals surface area contributed by atoms with Crippen molar-refractivity contribution in [3.63, 3.8) is 0 Å². The number of hydrogen-bond donors (Lipinski definition) is 1. The van der Waals surface area contributed by atoms with Gasteiger partial charge in [-0.25, -0.2) is 4.98 Å². The van der Waals surface area contributed by atoms with Gasteiger partial charge in [-0.1, -0.05) is 24.3 Å². The number of nitrogens with zero attached hydrogens (tertiary/aromatic N) is 1. The van der Waals surface area contributed by atoms with Crippen LogP contribution in [0.3, 0.4) is 0 Å². The van der Waals surface area contributed by atoms with E-state index in [4.69, 9.17) is 0 Å². The summed E-state index contributed by atoms with van der Waals surface area (Å²) in [6.07, 6.45) is 0. The van der Waals surface area contributed by atoms with Crippen LogP contribution in [-0.2, 0) is 0 Å². The number of carbonyl (C=O) groups excluding carboxylic acids is 2. The number of phenolic OH excluding ortho intramolecular Hbond substituents is 1. The summed E-state index contributed by atoms with van der Waals surface area (Å²) in [6, 6.07) is 12.1. The summed E-state index contributed by atoms with van der Waals surface area (Å²) in [7, 11) is 0. The average Bonchev–Trinajstić information content (AvgIpc) is 2.51. The second kappa shape index (κ2) is 4.24. The van der Waals surface area contributed by atoms with Crippen molar-refractivity contribution in [1.82, 2.24) is 4.98 Å². The topological polar surface area (TPSA) is 67.3 Å². The molecular weight excluding hydrogens is 278 g/mol. The Morgan fingerprint density at radius 1 is 0.955 bits per heavy atom. The van der Waals surface area contributed by atoms with Gasteiger partial charge in [-0.05, 0) is 35.9 Å². The second-order valence-electron chi connectivity index (χ2n) is 5.37. The maximum absolute atomic E-state index is 12.8. The van der Waals surface area contributed by atoms with E-state index in [9.17, 15) is 14.7 Å². The maximum atomic E-state index is 12.8. The van der Waals surface area contributed by atoms with E-state index in [1.165, 1.54) is 6.07 Å². The first kappa shape index (κ1) is 12.7. The van der Waals surface area contributed by atoms with E-state index in [1.807, 2.05) is 6.07 Å². The normalized spacial score (nSPS) is 13.1. The lowest BCUT2D eigenvalue weighted by molar-refractivity contribution is 0.0974. The molecule has 0 fully saturated rings. The van der Waals surface area contributed by atoms with Crippen LogP contribution in [-0.4, -0.2) is 21.7 Å². The highest BCUT2D eigenvalue weighted by Gasteiger charge is 2.34. The molecule has 0 saturated heterocycles. The molecule has 0 unspecified atom stereocenters. The average molecular weight is 289 g/mol. The van der Waals surface area contributed by atoms with Crippen LogP contribution in [0, 0.1) is 6.92 Å². The monoisotopic (exact) mass is 289 g/mol. The van der Waals surface area contributed by atoms with Crippen LogP contribution in [0.1, 0.15) is 37.7 Å². The Morgan fingerprint density at radius 2 is 1.73 bits per heavy atom. The van der Waals surface area contributed by atoms with Crippen molar-refractivity contribution < 1.29 is 14.7 Å². The predicted octanol–water partition coefficient (Wildman–Crippen LogP) is 3.02. The number of benzene rings is 2. The van der Waals surface area contributed by atoms with Crippen molar-refractivity contribution in [3.8, 4) is 5.75 Å². The minimum atomic E-state index is -0.406. The Bertz CT molecular complexity index is 989. The van der Waals surface area contributed by atoms with E-state index < -0.39 is 5.78 Å². The summed E-state index contributed by atoms with van der Waals surface area (Å²) in [5.74, 6) is -0.859. The smallest absolute Gasteiger partial charge is 0.216 e. The molecule has 1 aliphatic rings. The Balaban J connectivity index is 2.15. The Morgan fingerprint density at radius 3 is 2.55 bits per heavy atom. The van der Waals surface area contributed by atoms with Crippen LogP contribution in [0.5, 0.6) is 5.75 Å². The third kappa shape index (κ3) is 1.55. The lowest BCUT2D eigenvalue weighted by Gasteiger charge is -2.19. The predicted molar refractivity (Wildman–Crippen MR) is 81.5 cm³/mol. The highest BCUT2D eigenvalue weighted by atomic mass is 16.3. The van der Waals surface area contributed by atoms with Crippen LogP contribution in [0.2, 0.25) is 0 Å². The van der Waals surface area contributed by atoms with E-state index in [1.54, 1.807) is 37.3 Å². The minimum absolute atomic E-state index is 0.0503. The first-order chi connectivity index (χ1) is 10.6. The zero-order chi connectivity index (χ0) is 15.4. The van der Waals surface area contributed by atoms with E-state index in [0.29, 0.717) is 16.6 Å². The summed E-state index contributed by atoms with van der Waals surface area (Å²) in [6.45, 7) is 1.76. The van der Waals surface area contributed by atoms with Gasteiger partial charge in [0.2, 0.25) is 5.78 Å². The number of aromatic hydroxyl groups is 1. The molecule has 0 spiro atoms. The molecule has 1 heterocycles. The number of phenols is 1. The van der Waals surface area contributed by atoms with Crippen molar-refractivity contribution in [2.75, 3.05) is 0 Å². The molecule has 106 valence electrons. The maximum Gasteiger partial charge on any atom is 0.216 e. The molecule has 22 heavy (non-hydrogen) atoms. The van der Waals surface area contributed by atoms with Gasteiger partial charge in [0.05, 0.1) is 11.1 Å². The van der Waals surface area contributed by atoms with Crippen LogP contribution >= 0.6 is 0 Å². The van der Waals surface area contributed by atoms with Crippen LogP contribution in [0.4, 0.5) is 0 Å². The first-order valence-corrected chi connectivity index (χ1v) is 6.89. The van der Waals surface area contributed by atoms with Gasteiger partial charge in [0, 0.05) is 11.3 Å². The zero-order valence-corrected chi connectivity index (χ0v) is 11.8. The summed E-state index contributed by atoms with van der Waals surface area (Å²) in [5.41, 5.74) is 1.37. The van der Waals surface area contributed by atoms with Crippen molar-refractivity contribution >= 4 is 22.3 Å². The Kier molecular flexibility index (Phi) is 2.45. The molecule has 0 radical (unpaired) electrons. The van der Waals surface area contributed by atoms with Gasteiger partial charge >= 0.3 is 0 Å². The van der Waals surface area contributed by atoms with Crippen LogP contribution < -0.4 is 0 Å². The number of fused-ring (bicyclic) bond motifs is 4. The fourth-order valence-corrected chi connectivity index (χ4v) is 2.96. The molecule has 0 aliphatic heterocycles. The summed E-state index contributed by atoms with van der Waals surface area (Å²) < 4.78 is 0. The molecule has 0 saturated carbocycles. The lowest BCUT2D eigenvalue weighted by atomic mass is 9.83. The van der Waals surface area contributed by atoms with Gasteiger partial charge < -0.3 is 5.11 Å². The number of aromatic nitrogens is 1. The highest BCUT2D eigenvalue weighted by molar-refractivity contribution is 6.32. The Labute approximate surface area is 126 Å². The van der Waals surface area contributed by atoms with Gasteiger partial charge in [-0.2, -0.15) is 0 Å². The van der Waals surface area contributed by atoms with Gasteiger partial charge in [0.15, 0.2) is 5.78 Å². The summed E-state index contributed by atoms with van der Waals surface area (Å²) in [4.78, 5) is 29.7. The molecule has 0 bridgehead atoms. The third-order valence-corrected chi connectivity index (χ3v) is 3.98. The number of carbonyl (C=O) groups is 2. The van der Waals surface area contributed by atoms with Crippen molar-refractivity contribution in [1.29, 1.82) is 0 Å². The number of hydrogen-bond acceptors (Lipinski definition) is 4. The van der Waals surface area contributed by atoms with E-state index >= 15 is 0 Å². The molecule has 0 amide bonds. The minimum Gasteiger partial charge on any atom is -0.507 e. The van der Waals surface area contributed by atoms with Crippen LogP contribution in [0.15, 0.2) is 42.5 Å². The zero-order valence-electron chi connectivity index (χ0n) is 11.8. The van der Waals surface area contributed by atoms with Crippen LogP contribution in [0.25, 0.3) is 10.8 Å². The first-order valence-electron chi connectivity index (χ1n) is 6.89. The highest BCUT2D eigenvalue weighted by Crippen LogP contribution is 2.37. The molecule has 1 aliphatic carbocycles. The van der Waals surface area contributed by atoms with Gasteiger partial charge in [-0.3, -0.25) is 9.59 Å². The number of pyridine rings is 1. The Hall–Kier alpha value is -3.01. The van der Waals surface area contributed by atoms with E-state index in [-0.39, 0.29) is 28.4 Å². The largest absolute Gasteiger partial charge is 0.507 e. The third-order valence-electron chi connectivity index (χ3n) is 3.98.